The Morgan fingerprint density at radius 3 is 2.59 bits per heavy atom. The molecule has 0 aromatic heterocycles. The van der Waals surface area contributed by atoms with Crippen molar-refractivity contribution >= 4 is 23.2 Å². The number of amides is 1. The van der Waals surface area contributed by atoms with Crippen molar-refractivity contribution in [3.63, 3.8) is 0 Å². The highest BCUT2D eigenvalue weighted by Crippen LogP contribution is 2.29. The molecule has 6 heteroatoms. The first kappa shape index (κ1) is 18.7. The largest absolute Gasteiger partial charge is 0.487 e. The molecule has 0 aliphatic rings. The Morgan fingerprint density at radius 2 is 2.09 bits per heavy atom. The van der Waals surface area contributed by atoms with E-state index in [4.69, 9.17) is 25.8 Å². The molecule has 0 saturated heterocycles. The SMILES string of the molecule is CCC(C)(OC)C(=O)Nc1ccc(OC(C)COC)c(Cl)c1. The van der Waals surface area contributed by atoms with E-state index in [1.165, 1.54) is 7.11 Å². The number of hydrogen-bond donors (Lipinski definition) is 1. The van der Waals surface area contributed by atoms with Gasteiger partial charge >= 0.3 is 0 Å². The highest BCUT2D eigenvalue weighted by atomic mass is 35.5. The van der Waals surface area contributed by atoms with Gasteiger partial charge in [-0.2, -0.15) is 0 Å². The zero-order chi connectivity index (χ0) is 16.8. The fourth-order valence-electron chi connectivity index (χ4n) is 1.82. The van der Waals surface area contributed by atoms with Crippen molar-refractivity contribution < 1.29 is 19.0 Å². The van der Waals surface area contributed by atoms with E-state index in [9.17, 15) is 4.79 Å². The lowest BCUT2D eigenvalue weighted by atomic mass is 10.0. The molecule has 1 amide bonds. The number of hydrogen-bond acceptors (Lipinski definition) is 4. The molecule has 124 valence electrons. The molecule has 0 aliphatic carbocycles. The predicted molar refractivity (Wildman–Crippen MR) is 87.8 cm³/mol. The van der Waals surface area contributed by atoms with Gasteiger partial charge in [-0.3, -0.25) is 4.79 Å². The molecule has 1 rings (SSSR count). The Hall–Kier alpha value is -1.30. The third kappa shape index (κ3) is 4.87. The summed E-state index contributed by atoms with van der Waals surface area (Å²) in [4.78, 5) is 12.2. The summed E-state index contributed by atoms with van der Waals surface area (Å²) < 4.78 is 15.9. The summed E-state index contributed by atoms with van der Waals surface area (Å²) in [7, 11) is 3.13. The molecule has 0 saturated carbocycles. The maximum Gasteiger partial charge on any atom is 0.256 e. The monoisotopic (exact) mass is 329 g/mol. The third-order valence-corrected chi connectivity index (χ3v) is 3.82. The summed E-state index contributed by atoms with van der Waals surface area (Å²) in [6.07, 6.45) is 0.457. The van der Waals surface area contributed by atoms with Gasteiger partial charge < -0.3 is 19.5 Å². The van der Waals surface area contributed by atoms with Gasteiger partial charge in [0, 0.05) is 19.9 Å². The van der Waals surface area contributed by atoms with Crippen LogP contribution in [0.15, 0.2) is 18.2 Å². The van der Waals surface area contributed by atoms with E-state index in [1.807, 2.05) is 13.8 Å². The van der Waals surface area contributed by atoms with Crippen LogP contribution in [-0.4, -0.2) is 38.4 Å². The molecule has 0 fully saturated rings. The standard InChI is InChI=1S/C16H24ClNO4/c1-6-16(3,21-5)15(19)18-12-7-8-14(13(17)9-12)22-11(2)10-20-4/h7-9,11H,6,10H2,1-5H3,(H,18,19). The van der Waals surface area contributed by atoms with Gasteiger partial charge in [-0.15, -0.1) is 0 Å². The maximum absolute atomic E-state index is 12.2. The van der Waals surface area contributed by atoms with Crippen LogP contribution in [-0.2, 0) is 14.3 Å². The van der Waals surface area contributed by atoms with Crippen LogP contribution in [0.25, 0.3) is 0 Å². The average molecular weight is 330 g/mol. The second-order valence-electron chi connectivity index (χ2n) is 5.27. The molecule has 22 heavy (non-hydrogen) atoms. The lowest BCUT2D eigenvalue weighted by Gasteiger charge is -2.25. The van der Waals surface area contributed by atoms with Crippen molar-refractivity contribution in [3.8, 4) is 5.75 Å². The third-order valence-electron chi connectivity index (χ3n) is 3.52. The summed E-state index contributed by atoms with van der Waals surface area (Å²) in [5.41, 5.74) is -0.271. The van der Waals surface area contributed by atoms with Crippen molar-refractivity contribution in [1.82, 2.24) is 0 Å². The number of carbonyl (C=O) groups is 1. The summed E-state index contributed by atoms with van der Waals surface area (Å²) in [6, 6.07) is 5.12. The first-order chi connectivity index (χ1) is 10.4. The Morgan fingerprint density at radius 1 is 1.41 bits per heavy atom. The van der Waals surface area contributed by atoms with Crippen molar-refractivity contribution in [1.29, 1.82) is 0 Å². The lowest BCUT2D eigenvalue weighted by Crippen LogP contribution is -2.41. The van der Waals surface area contributed by atoms with Crippen LogP contribution in [0.4, 0.5) is 5.69 Å². The number of ether oxygens (including phenoxy) is 3. The summed E-state index contributed by atoms with van der Waals surface area (Å²) in [6.45, 7) is 6.00. The molecule has 2 unspecified atom stereocenters. The highest BCUT2D eigenvalue weighted by Gasteiger charge is 2.31. The molecule has 0 spiro atoms. The molecule has 1 aromatic carbocycles. The number of halogens is 1. The molecular weight excluding hydrogens is 306 g/mol. The topological polar surface area (TPSA) is 56.8 Å². The minimum Gasteiger partial charge on any atom is -0.487 e. The molecule has 5 nitrogen and oxygen atoms in total. The zero-order valence-corrected chi connectivity index (χ0v) is 14.5. The second kappa shape index (κ2) is 8.36. The van der Waals surface area contributed by atoms with Gasteiger partial charge in [-0.25, -0.2) is 0 Å². The maximum atomic E-state index is 12.2. The van der Waals surface area contributed by atoms with Crippen LogP contribution < -0.4 is 10.1 Å². The van der Waals surface area contributed by atoms with Crippen molar-refractivity contribution in [2.75, 3.05) is 26.1 Å². The quantitative estimate of drug-likeness (QED) is 0.793. The number of rotatable bonds is 8. The normalized spacial score (nSPS) is 15.0. The highest BCUT2D eigenvalue weighted by molar-refractivity contribution is 6.32. The van der Waals surface area contributed by atoms with Crippen molar-refractivity contribution in [2.45, 2.75) is 38.9 Å². The van der Waals surface area contributed by atoms with E-state index in [0.717, 1.165) is 0 Å². The fraction of sp³-hybridized carbons (Fsp3) is 0.562. The first-order valence-electron chi connectivity index (χ1n) is 7.18. The Balaban J connectivity index is 2.79. The molecule has 0 bridgehead atoms. The van der Waals surface area contributed by atoms with Gasteiger partial charge in [-0.1, -0.05) is 18.5 Å². The van der Waals surface area contributed by atoms with Gasteiger partial charge in [0.2, 0.25) is 0 Å². The number of nitrogens with one attached hydrogen (secondary N) is 1. The van der Waals surface area contributed by atoms with Gasteiger partial charge in [0.25, 0.3) is 5.91 Å². The van der Waals surface area contributed by atoms with E-state index < -0.39 is 5.60 Å². The minimum absolute atomic E-state index is 0.111. The Labute approximate surface area is 136 Å². The van der Waals surface area contributed by atoms with Gasteiger partial charge in [0.05, 0.1) is 11.6 Å². The van der Waals surface area contributed by atoms with E-state index in [1.54, 1.807) is 32.2 Å². The summed E-state index contributed by atoms with van der Waals surface area (Å²) in [5.74, 6) is 0.337. The van der Waals surface area contributed by atoms with Crippen LogP contribution in [0.1, 0.15) is 27.2 Å². The molecule has 0 heterocycles. The number of carbonyl (C=O) groups excluding carboxylic acids is 1. The predicted octanol–water partition coefficient (Wildman–Crippen LogP) is 3.51. The van der Waals surface area contributed by atoms with Crippen molar-refractivity contribution in [2.24, 2.45) is 0 Å². The number of anilines is 1. The van der Waals surface area contributed by atoms with Crippen LogP contribution in [0, 0.1) is 0 Å². The van der Waals surface area contributed by atoms with Gasteiger partial charge in [0.15, 0.2) is 0 Å². The molecule has 0 radical (unpaired) electrons. The van der Waals surface area contributed by atoms with E-state index in [-0.39, 0.29) is 12.0 Å². The van der Waals surface area contributed by atoms with Gasteiger partial charge in [-0.05, 0) is 38.5 Å². The smallest absolute Gasteiger partial charge is 0.256 e. The van der Waals surface area contributed by atoms with Crippen LogP contribution >= 0.6 is 11.6 Å². The lowest BCUT2D eigenvalue weighted by molar-refractivity contribution is -0.136. The Kier molecular flexibility index (Phi) is 7.13. The first-order valence-corrected chi connectivity index (χ1v) is 7.55. The van der Waals surface area contributed by atoms with E-state index >= 15 is 0 Å². The fourth-order valence-corrected chi connectivity index (χ4v) is 2.05. The number of benzene rings is 1. The van der Waals surface area contributed by atoms with Gasteiger partial charge in [0.1, 0.15) is 17.5 Å². The minimum atomic E-state index is -0.866. The molecular formula is C16H24ClNO4. The van der Waals surface area contributed by atoms with Crippen LogP contribution in [0.3, 0.4) is 0 Å². The van der Waals surface area contributed by atoms with Crippen molar-refractivity contribution in [3.05, 3.63) is 23.2 Å². The molecule has 0 aliphatic heterocycles. The second-order valence-corrected chi connectivity index (χ2v) is 5.68. The van der Waals surface area contributed by atoms with E-state index in [0.29, 0.717) is 29.5 Å². The molecule has 2 atom stereocenters. The Bertz CT molecular complexity index is 503. The average Bonchev–Trinajstić information content (AvgIpc) is 2.49. The van der Waals surface area contributed by atoms with Crippen LogP contribution in [0.5, 0.6) is 5.75 Å². The molecule has 1 aromatic rings. The zero-order valence-electron chi connectivity index (χ0n) is 13.7. The van der Waals surface area contributed by atoms with Crippen LogP contribution in [0.2, 0.25) is 5.02 Å². The summed E-state index contributed by atoms with van der Waals surface area (Å²) >= 11 is 6.19. The molecule has 1 N–H and O–H groups in total. The summed E-state index contributed by atoms with van der Waals surface area (Å²) in [5, 5.41) is 3.23. The number of methoxy groups -OCH3 is 2. The van der Waals surface area contributed by atoms with E-state index in [2.05, 4.69) is 5.32 Å².